The molecular formula is C24H19BrN2O4. The van der Waals surface area contributed by atoms with Crippen LogP contribution in [-0.2, 0) is 0 Å². The van der Waals surface area contributed by atoms with E-state index in [2.05, 4.69) is 22.0 Å². The van der Waals surface area contributed by atoms with E-state index in [4.69, 9.17) is 24.0 Å². The predicted molar refractivity (Wildman–Crippen MR) is 119 cm³/mol. The van der Waals surface area contributed by atoms with Crippen molar-refractivity contribution < 1.29 is 18.9 Å². The van der Waals surface area contributed by atoms with E-state index >= 15 is 0 Å². The Bertz CT molecular complexity index is 1210. The molecule has 3 aromatic carbocycles. The summed E-state index contributed by atoms with van der Waals surface area (Å²) in [5.41, 5.74) is 4.07. The van der Waals surface area contributed by atoms with Crippen LogP contribution in [0.3, 0.4) is 0 Å². The molecule has 0 amide bonds. The van der Waals surface area contributed by atoms with Gasteiger partial charge in [-0.15, -0.1) is 0 Å². The van der Waals surface area contributed by atoms with Crippen molar-refractivity contribution in [1.29, 1.82) is 0 Å². The van der Waals surface area contributed by atoms with Crippen LogP contribution in [-0.4, -0.2) is 24.6 Å². The highest BCUT2D eigenvalue weighted by molar-refractivity contribution is 9.10. The Morgan fingerprint density at radius 1 is 0.968 bits per heavy atom. The minimum atomic E-state index is -0.404. The summed E-state index contributed by atoms with van der Waals surface area (Å²) in [5, 5.41) is 7.07. The largest absolute Gasteiger partial charge is 0.496 e. The summed E-state index contributed by atoms with van der Waals surface area (Å²) in [4.78, 5) is 0. The number of benzene rings is 3. The zero-order valence-electron chi connectivity index (χ0n) is 16.7. The fourth-order valence-corrected chi connectivity index (χ4v) is 4.77. The molecule has 156 valence electrons. The number of halogens is 1. The van der Waals surface area contributed by atoms with Crippen molar-refractivity contribution in [1.82, 2.24) is 5.01 Å². The Morgan fingerprint density at radius 3 is 2.74 bits per heavy atom. The molecule has 3 aliphatic rings. The van der Waals surface area contributed by atoms with Gasteiger partial charge in [0.05, 0.1) is 24.4 Å². The smallest absolute Gasteiger partial charge is 0.231 e. The van der Waals surface area contributed by atoms with Crippen LogP contribution in [0.4, 0.5) is 0 Å². The van der Waals surface area contributed by atoms with Crippen molar-refractivity contribution in [3.8, 4) is 23.0 Å². The van der Waals surface area contributed by atoms with Gasteiger partial charge in [0, 0.05) is 22.0 Å². The average molecular weight is 479 g/mol. The molecule has 6 rings (SSSR count). The second-order valence-corrected chi connectivity index (χ2v) is 8.52. The fraction of sp³-hybridized carbons (Fsp3) is 0.208. The monoisotopic (exact) mass is 478 g/mol. The van der Waals surface area contributed by atoms with Gasteiger partial charge in [-0.2, -0.15) is 5.10 Å². The number of hydrogen-bond acceptors (Lipinski definition) is 6. The lowest BCUT2D eigenvalue weighted by molar-refractivity contribution is -0.0203. The van der Waals surface area contributed by atoms with Crippen LogP contribution < -0.4 is 18.9 Å². The molecule has 0 spiro atoms. The Kier molecular flexibility index (Phi) is 4.31. The van der Waals surface area contributed by atoms with Gasteiger partial charge in [0.25, 0.3) is 0 Å². The summed E-state index contributed by atoms with van der Waals surface area (Å²) < 4.78 is 24.1. The zero-order valence-corrected chi connectivity index (χ0v) is 18.3. The number of hydrazone groups is 1. The van der Waals surface area contributed by atoms with Crippen molar-refractivity contribution in [3.05, 3.63) is 81.8 Å². The standard InChI is InChI=1S/C24H19BrN2O4/c1-28-20-9-7-15(25)11-17(20)24-27-19(16-4-2-3-5-21(16)31-24)12-18(26-27)14-6-8-22-23(10-14)30-13-29-22/h2-11,19,24H,12-13H2,1H3/t19-,24+/m1/s1. The number of para-hydroxylation sites is 1. The molecule has 3 aromatic rings. The van der Waals surface area contributed by atoms with Crippen LogP contribution in [0.15, 0.2) is 70.2 Å². The molecule has 3 aliphatic heterocycles. The van der Waals surface area contributed by atoms with Crippen molar-refractivity contribution in [3.63, 3.8) is 0 Å². The lowest BCUT2D eigenvalue weighted by Gasteiger charge is -2.38. The molecule has 0 N–H and O–H groups in total. The molecule has 3 heterocycles. The van der Waals surface area contributed by atoms with Gasteiger partial charge in [-0.3, -0.25) is 0 Å². The molecule has 0 aromatic heterocycles. The lowest BCUT2D eigenvalue weighted by Crippen LogP contribution is -2.33. The highest BCUT2D eigenvalue weighted by atomic mass is 79.9. The van der Waals surface area contributed by atoms with Crippen LogP contribution in [0.5, 0.6) is 23.0 Å². The maximum absolute atomic E-state index is 6.46. The van der Waals surface area contributed by atoms with Crippen LogP contribution in [0.1, 0.15) is 35.4 Å². The summed E-state index contributed by atoms with van der Waals surface area (Å²) in [5.74, 6) is 3.16. The molecule has 0 bridgehead atoms. The molecule has 7 heteroatoms. The first-order valence-electron chi connectivity index (χ1n) is 10.1. The molecule has 2 atom stereocenters. The minimum absolute atomic E-state index is 0.0686. The van der Waals surface area contributed by atoms with Crippen LogP contribution in [0.2, 0.25) is 0 Å². The third kappa shape index (κ3) is 3.03. The quantitative estimate of drug-likeness (QED) is 0.502. The van der Waals surface area contributed by atoms with Gasteiger partial charge in [-0.25, -0.2) is 5.01 Å². The Balaban J connectivity index is 1.46. The third-order valence-corrected chi connectivity index (χ3v) is 6.36. The maximum atomic E-state index is 6.46. The fourth-order valence-electron chi connectivity index (χ4n) is 4.39. The SMILES string of the molecule is COc1ccc(Br)cc1[C@@H]1Oc2ccccc2[C@H]2CC(c3ccc4c(c3)OCO4)=NN21. The maximum Gasteiger partial charge on any atom is 0.231 e. The first-order valence-corrected chi connectivity index (χ1v) is 10.9. The Morgan fingerprint density at radius 2 is 1.84 bits per heavy atom. The molecule has 0 aliphatic carbocycles. The van der Waals surface area contributed by atoms with Gasteiger partial charge < -0.3 is 18.9 Å². The van der Waals surface area contributed by atoms with Gasteiger partial charge in [-0.1, -0.05) is 34.1 Å². The zero-order chi connectivity index (χ0) is 20.9. The summed E-state index contributed by atoms with van der Waals surface area (Å²) >= 11 is 3.58. The topological polar surface area (TPSA) is 52.5 Å². The molecule has 6 nitrogen and oxygen atoms in total. The van der Waals surface area contributed by atoms with E-state index in [1.807, 2.05) is 59.6 Å². The van der Waals surface area contributed by atoms with Gasteiger partial charge >= 0.3 is 0 Å². The van der Waals surface area contributed by atoms with Crippen molar-refractivity contribution in [2.45, 2.75) is 18.7 Å². The van der Waals surface area contributed by atoms with E-state index in [9.17, 15) is 0 Å². The summed E-state index contributed by atoms with van der Waals surface area (Å²) in [6, 6.07) is 20.1. The van der Waals surface area contributed by atoms with Gasteiger partial charge in [-0.05, 0) is 42.5 Å². The second-order valence-electron chi connectivity index (χ2n) is 7.61. The number of fused-ring (bicyclic) bond motifs is 4. The Labute approximate surface area is 188 Å². The van der Waals surface area contributed by atoms with Gasteiger partial charge in [0.2, 0.25) is 13.0 Å². The Hall–Kier alpha value is -3.19. The predicted octanol–water partition coefficient (Wildman–Crippen LogP) is 5.43. The normalized spacial score (nSPS) is 20.6. The van der Waals surface area contributed by atoms with Gasteiger partial charge in [0.15, 0.2) is 11.5 Å². The highest BCUT2D eigenvalue weighted by Gasteiger charge is 2.42. The minimum Gasteiger partial charge on any atom is -0.496 e. The second kappa shape index (κ2) is 7.20. The summed E-state index contributed by atoms with van der Waals surface area (Å²) in [6.07, 6.45) is 0.367. The van der Waals surface area contributed by atoms with Crippen LogP contribution in [0, 0.1) is 0 Å². The van der Waals surface area contributed by atoms with Crippen molar-refractivity contribution >= 4 is 21.6 Å². The van der Waals surface area contributed by atoms with E-state index in [1.165, 1.54) is 0 Å². The van der Waals surface area contributed by atoms with E-state index < -0.39 is 6.23 Å². The number of hydrogen-bond donors (Lipinski definition) is 0. The molecule has 0 saturated heterocycles. The molecule has 0 fully saturated rings. The molecule has 0 unspecified atom stereocenters. The summed E-state index contributed by atoms with van der Waals surface area (Å²) in [7, 11) is 1.67. The van der Waals surface area contributed by atoms with Gasteiger partial charge in [0.1, 0.15) is 11.5 Å². The lowest BCUT2D eigenvalue weighted by atomic mass is 9.95. The number of rotatable bonds is 3. The van der Waals surface area contributed by atoms with E-state index in [-0.39, 0.29) is 12.8 Å². The summed E-state index contributed by atoms with van der Waals surface area (Å²) in [6.45, 7) is 0.256. The van der Waals surface area contributed by atoms with E-state index in [1.54, 1.807) is 7.11 Å². The number of nitrogens with zero attached hydrogens (tertiary/aromatic N) is 2. The van der Waals surface area contributed by atoms with Crippen LogP contribution in [0.25, 0.3) is 0 Å². The van der Waals surface area contributed by atoms with Crippen molar-refractivity contribution in [2.75, 3.05) is 13.9 Å². The highest BCUT2D eigenvalue weighted by Crippen LogP contribution is 2.49. The molecule has 31 heavy (non-hydrogen) atoms. The molecule has 0 saturated carbocycles. The molecule has 0 radical (unpaired) electrons. The number of methoxy groups -OCH3 is 1. The number of ether oxygens (including phenoxy) is 4. The average Bonchev–Trinajstić information content (AvgIpc) is 3.45. The first kappa shape index (κ1) is 18.6. The third-order valence-electron chi connectivity index (χ3n) is 5.86. The molecular weight excluding hydrogens is 460 g/mol. The van der Waals surface area contributed by atoms with Crippen LogP contribution >= 0.6 is 15.9 Å². The van der Waals surface area contributed by atoms with Crippen molar-refractivity contribution in [2.24, 2.45) is 5.10 Å². The van der Waals surface area contributed by atoms with E-state index in [0.717, 1.165) is 56.3 Å². The van der Waals surface area contributed by atoms with E-state index in [0.29, 0.717) is 0 Å². The first-order chi connectivity index (χ1) is 15.2.